The average molecular weight is 317 g/mol. The predicted octanol–water partition coefficient (Wildman–Crippen LogP) is 3.30. The highest BCUT2D eigenvalue weighted by Gasteiger charge is 2.19. The van der Waals surface area contributed by atoms with E-state index >= 15 is 0 Å². The van der Waals surface area contributed by atoms with Gasteiger partial charge in [-0.05, 0) is 19.1 Å². The van der Waals surface area contributed by atoms with Crippen LogP contribution in [-0.2, 0) is 0 Å². The molecule has 5 nitrogen and oxygen atoms in total. The zero-order valence-corrected chi connectivity index (χ0v) is 13.0. The maximum Gasteiger partial charge on any atom is 0.258 e. The molecule has 0 bridgehead atoms. The molecule has 2 aromatic rings. The van der Waals surface area contributed by atoms with Crippen LogP contribution in [0, 0.1) is 5.82 Å². The van der Waals surface area contributed by atoms with Gasteiger partial charge in [-0.2, -0.15) is 0 Å². The van der Waals surface area contributed by atoms with Crippen molar-refractivity contribution in [3.8, 4) is 11.5 Å². The molecular formula is C17H16FNO4. The molecule has 2 rings (SSSR count). The Morgan fingerprint density at radius 2 is 1.78 bits per heavy atom. The average Bonchev–Trinajstić information content (AvgIpc) is 2.53. The van der Waals surface area contributed by atoms with Gasteiger partial charge in [0.25, 0.3) is 5.91 Å². The van der Waals surface area contributed by atoms with Crippen LogP contribution in [0.3, 0.4) is 0 Å². The standard InChI is InChI=1S/C17H16FNO4/c1-10(20)16-14(8-11(22-2)9-15(16)23-3)19-17(21)12-6-4-5-7-13(12)18/h4-9H,1-3H3,(H,19,21). The van der Waals surface area contributed by atoms with Gasteiger partial charge < -0.3 is 14.8 Å². The van der Waals surface area contributed by atoms with Gasteiger partial charge >= 0.3 is 0 Å². The maximum atomic E-state index is 13.7. The van der Waals surface area contributed by atoms with Crippen molar-refractivity contribution in [3.05, 3.63) is 53.3 Å². The molecule has 0 aliphatic heterocycles. The lowest BCUT2D eigenvalue weighted by atomic mass is 10.1. The molecule has 0 spiro atoms. The number of Topliss-reactive ketones (excluding diaryl/α,β-unsaturated/α-hetero) is 1. The molecule has 23 heavy (non-hydrogen) atoms. The van der Waals surface area contributed by atoms with Gasteiger partial charge in [0.2, 0.25) is 0 Å². The van der Waals surface area contributed by atoms with Crippen molar-refractivity contribution >= 4 is 17.4 Å². The number of carbonyl (C=O) groups excluding carboxylic acids is 2. The molecule has 6 heteroatoms. The van der Waals surface area contributed by atoms with Crippen molar-refractivity contribution in [3.63, 3.8) is 0 Å². The lowest BCUT2D eigenvalue weighted by Gasteiger charge is -2.15. The highest BCUT2D eigenvalue weighted by molar-refractivity contribution is 6.10. The molecule has 120 valence electrons. The summed E-state index contributed by atoms with van der Waals surface area (Å²) in [6.07, 6.45) is 0. The second kappa shape index (κ2) is 6.91. The van der Waals surface area contributed by atoms with Crippen LogP contribution in [0.15, 0.2) is 36.4 Å². The van der Waals surface area contributed by atoms with E-state index in [0.717, 1.165) is 0 Å². The molecule has 2 aromatic carbocycles. The van der Waals surface area contributed by atoms with Crippen LogP contribution in [-0.4, -0.2) is 25.9 Å². The van der Waals surface area contributed by atoms with E-state index in [2.05, 4.69) is 5.32 Å². The van der Waals surface area contributed by atoms with Crippen LogP contribution in [0.4, 0.5) is 10.1 Å². The molecule has 0 saturated carbocycles. The molecule has 1 N–H and O–H groups in total. The van der Waals surface area contributed by atoms with Gasteiger partial charge in [-0.25, -0.2) is 4.39 Å². The number of anilines is 1. The number of halogens is 1. The fourth-order valence-electron chi connectivity index (χ4n) is 2.17. The minimum absolute atomic E-state index is 0.121. The number of carbonyl (C=O) groups is 2. The largest absolute Gasteiger partial charge is 0.497 e. The van der Waals surface area contributed by atoms with E-state index in [1.54, 1.807) is 6.07 Å². The molecule has 1 amide bonds. The number of hydrogen-bond donors (Lipinski definition) is 1. The van der Waals surface area contributed by atoms with Gasteiger partial charge in [-0.15, -0.1) is 0 Å². The first-order valence-corrected chi connectivity index (χ1v) is 6.80. The molecule has 0 fully saturated rings. The number of methoxy groups -OCH3 is 2. The zero-order chi connectivity index (χ0) is 17.0. The number of amides is 1. The SMILES string of the molecule is COc1cc(NC(=O)c2ccccc2F)c(C(C)=O)c(OC)c1. The van der Waals surface area contributed by atoms with Crippen LogP contribution in [0.2, 0.25) is 0 Å². The lowest BCUT2D eigenvalue weighted by molar-refractivity contribution is 0.101. The van der Waals surface area contributed by atoms with E-state index in [0.29, 0.717) is 5.75 Å². The highest BCUT2D eigenvalue weighted by atomic mass is 19.1. The molecule has 0 heterocycles. The Kier molecular flexibility index (Phi) is 4.95. The Morgan fingerprint density at radius 1 is 1.09 bits per heavy atom. The molecule has 0 saturated heterocycles. The smallest absolute Gasteiger partial charge is 0.258 e. The third kappa shape index (κ3) is 3.48. The lowest BCUT2D eigenvalue weighted by Crippen LogP contribution is -2.16. The normalized spacial score (nSPS) is 10.1. The summed E-state index contributed by atoms with van der Waals surface area (Å²) >= 11 is 0. The number of nitrogens with one attached hydrogen (secondary N) is 1. The van der Waals surface area contributed by atoms with E-state index in [9.17, 15) is 14.0 Å². The van der Waals surface area contributed by atoms with Crippen LogP contribution < -0.4 is 14.8 Å². The van der Waals surface area contributed by atoms with Gasteiger partial charge in [0.05, 0.1) is 31.0 Å². The second-order valence-corrected chi connectivity index (χ2v) is 4.74. The van der Waals surface area contributed by atoms with Gasteiger partial charge in [-0.1, -0.05) is 12.1 Å². The molecule has 0 radical (unpaired) electrons. The highest BCUT2D eigenvalue weighted by Crippen LogP contribution is 2.33. The summed E-state index contributed by atoms with van der Waals surface area (Å²) in [5.41, 5.74) is 0.267. The molecule has 0 aromatic heterocycles. The monoisotopic (exact) mass is 317 g/mol. The minimum Gasteiger partial charge on any atom is -0.497 e. The fourth-order valence-corrected chi connectivity index (χ4v) is 2.17. The topological polar surface area (TPSA) is 64.6 Å². The summed E-state index contributed by atoms with van der Waals surface area (Å²) in [5, 5.41) is 2.54. The first-order valence-electron chi connectivity index (χ1n) is 6.80. The fraction of sp³-hybridized carbons (Fsp3) is 0.176. The summed E-state index contributed by atoms with van der Waals surface area (Å²) in [7, 11) is 2.86. The number of hydrogen-bond acceptors (Lipinski definition) is 4. The maximum absolute atomic E-state index is 13.7. The Bertz CT molecular complexity index is 758. The van der Waals surface area contributed by atoms with E-state index in [-0.39, 0.29) is 28.3 Å². The van der Waals surface area contributed by atoms with E-state index < -0.39 is 11.7 Å². The van der Waals surface area contributed by atoms with E-state index in [4.69, 9.17) is 9.47 Å². The third-order valence-electron chi connectivity index (χ3n) is 3.25. The van der Waals surface area contributed by atoms with Crippen molar-refractivity contribution in [2.75, 3.05) is 19.5 Å². The Labute approximate surface area is 133 Å². The number of rotatable bonds is 5. The minimum atomic E-state index is -0.666. The molecule has 0 aliphatic carbocycles. The van der Waals surface area contributed by atoms with E-state index in [1.807, 2.05) is 0 Å². The summed E-state index contributed by atoms with van der Waals surface area (Å²) < 4.78 is 24.0. The van der Waals surface area contributed by atoms with Crippen molar-refractivity contribution in [1.29, 1.82) is 0 Å². The van der Waals surface area contributed by atoms with Gasteiger partial charge in [0.15, 0.2) is 5.78 Å². The second-order valence-electron chi connectivity index (χ2n) is 4.74. The van der Waals surface area contributed by atoms with Crippen molar-refractivity contribution in [2.24, 2.45) is 0 Å². The molecular weight excluding hydrogens is 301 g/mol. The van der Waals surface area contributed by atoms with Crippen LogP contribution in [0.1, 0.15) is 27.6 Å². The predicted molar refractivity (Wildman–Crippen MR) is 83.9 cm³/mol. The van der Waals surface area contributed by atoms with Crippen molar-refractivity contribution in [1.82, 2.24) is 0 Å². The Hall–Kier alpha value is -2.89. The van der Waals surface area contributed by atoms with Crippen LogP contribution in [0.25, 0.3) is 0 Å². The molecule has 0 aliphatic rings. The summed E-state index contributed by atoms with van der Waals surface area (Å²) in [6.45, 7) is 1.35. The first-order chi connectivity index (χ1) is 11.0. The molecule has 0 atom stereocenters. The van der Waals surface area contributed by atoms with Gasteiger partial charge in [0, 0.05) is 12.1 Å². The van der Waals surface area contributed by atoms with Gasteiger partial charge in [-0.3, -0.25) is 9.59 Å². The Balaban J connectivity index is 2.48. The van der Waals surface area contributed by atoms with E-state index in [1.165, 1.54) is 51.5 Å². The van der Waals surface area contributed by atoms with Gasteiger partial charge in [0.1, 0.15) is 17.3 Å². The summed E-state index contributed by atoms with van der Waals surface area (Å²) in [4.78, 5) is 24.1. The summed E-state index contributed by atoms with van der Waals surface area (Å²) in [5.74, 6) is -0.949. The summed E-state index contributed by atoms with van der Waals surface area (Å²) in [6, 6.07) is 8.60. The Morgan fingerprint density at radius 3 is 2.35 bits per heavy atom. The van der Waals surface area contributed by atoms with Crippen molar-refractivity contribution in [2.45, 2.75) is 6.92 Å². The number of ether oxygens (including phenoxy) is 2. The number of benzene rings is 2. The number of ketones is 1. The van der Waals surface area contributed by atoms with Crippen LogP contribution in [0.5, 0.6) is 11.5 Å². The van der Waals surface area contributed by atoms with Crippen LogP contribution >= 0.6 is 0 Å². The zero-order valence-electron chi connectivity index (χ0n) is 13.0. The van der Waals surface area contributed by atoms with Crippen molar-refractivity contribution < 1.29 is 23.5 Å². The molecule has 0 unspecified atom stereocenters. The third-order valence-corrected chi connectivity index (χ3v) is 3.25. The first kappa shape index (κ1) is 16.5. The quantitative estimate of drug-likeness (QED) is 0.859.